The first kappa shape index (κ1) is 22.7. The van der Waals surface area contributed by atoms with Crippen LogP contribution in [-0.4, -0.2) is 18.5 Å². The third-order valence-corrected chi connectivity index (χ3v) is 5.13. The molecule has 31 heavy (non-hydrogen) atoms. The van der Waals surface area contributed by atoms with Gasteiger partial charge in [-0.15, -0.1) is 0 Å². The number of rotatable bonds is 7. The Bertz CT molecular complexity index is 1100. The Balaban J connectivity index is 1.63. The molecule has 5 nitrogen and oxygen atoms in total. The molecule has 1 N–H and O–H groups in total. The molecule has 160 valence electrons. The van der Waals surface area contributed by atoms with Crippen molar-refractivity contribution in [3.8, 4) is 11.5 Å². The summed E-state index contributed by atoms with van der Waals surface area (Å²) < 4.78 is 10.8. The van der Waals surface area contributed by atoms with Crippen molar-refractivity contribution < 1.29 is 19.1 Å². The van der Waals surface area contributed by atoms with Crippen LogP contribution in [-0.2, 0) is 16.0 Å². The zero-order valence-electron chi connectivity index (χ0n) is 17.1. The molecule has 0 saturated carbocycles. The van der Waals surface area contributed by atoms with Crippen molar-refractivity contribution in [3.63, 3.8) is 0 Å². The summed E-state index contributed by atoms with van der Waals surface area (Å²) in [7, 11) is 0. The van der Waals surface area contributed by atoms with Crippen LogP contribution in [0.15, 0.2) is 60.7 Å². The molecule has 0 heterocycles. The van der Waals surface area contributed by atoms with E-state index < -0.39 is 0 Å². The van der Waals surface area contributed by atoms with Crippen LogP contribution in [0.2, 0.25) is 10.0 Å². The van der Waals surface area contributed by atoms with Gasteiger partial charge in [-0.3, -0.25) is 9.59 Å². The highest BCUT2D eigenvalue weighted by molar-refractivity contribution is 6.32. The Morgan fingerprint density at radius 1 is 0.935 bits per heavy atom. The SMILES string of the molecule is CCOC(=O)Cc1ccc(Oc2ccc(NC(=O)c3ccc(C)c(Cl)c3)cc2)c(Cl)c1. The Labute approximate surface area is 190 Å². The van der Waals surface area contributed by atoms with Gasteiger partial charge in [0.2, 0.25) is 0 Å². The molecule has 3 rings (SSSR count). The van der Waals surface area contributed by atoms with Crippen molar-refractivity contribution in [1.82, 2.24) is 0 Å². The van der Waals surface area contributed by atoms with Crippen molar-refractivity contribution in [2.75, 3.05) is 11.9 Å². The number of hydrogen-bond acceptors (Lipinski definition) is 4. The van der Waals surface area contributed by atoms with Crippen LogP contribution in [0.3, 0.4) is 0 Å². The fraction of sp³-hybridized carbons (Fsp3) is 0.167. The van der Waals surface area contributed by atoms with Gasteiger partial charge in [0.15, 0.2) is 0 Å². The van der Waals surface area contributed by atoms with Crippen LogP contribution in [0, 0.1) is 6.92 Å². The highest BCUT2D eigenvalue weighted by Crippen LogP contribution is 2.31. The van der Waals surface area contributed by atoms with Crippen LogP contribution < -0.4 is 10.1 Å². The molecule has 7 heteroatoms. The molecule has 0 aromatic heterocycles. The second-order valence-corrected chi connectivity index (χ2v) is 7.61. The third-order valence-electron chi connectivity index (χ3n) is 4.42. The molecule has 0 spiro atoms. The van der Waals surface area contributed by atoms with E-state index in [0.717, 1.165) is 11.1 Å². The van der Waals surface area contributed by atoms with Crippen LogP contribution >= 0.6 is 23.2 Å². The van der Waals surface area contributed by atoms with Crippen LogP contribution in [0.4, 0.5) is 5.69 Å². The average Bonchev–Trinajstić information content (AvgIpc) is 2.73. The highest BCUT2D eigenvalue weighted by Gasteiger charge is 2.10. The lowest BCUT2D eigenvalue weighted by Gasteiger charge is -2.11. The summed E-state index contributed by atoms with van der Waals surface area (Å²) in [6.07, 6.45) is 0.147. The maximum Gasteiger partial charge on any atom is 0.310 e. The molecule has 0 aliphatic heterocycles. The summed E-state index contributed by atoms with van der Waals surface area (Å²) in [5.41, 5.74) is 2.74. The van der Waals surface area contributed by atoms with E-state index in [9.17, 15) is 9.59 Å². The molecule has 0 radical (unpaired) electrons. The van der Waals surface area contributed by atoms with E-state index in [1.165, 1.54) is 0 Å². The third kappa shape index (κ3) is 6.23. The molecule has 0 saturated heterocycles. The lowest BCUT2D eigenvalue weighted by atomic mass is 10.1. The maximum atomic E-state index is 12.4. The van der Waals surface area contributed by atoms with E-state index in [-0.39, 0.29) is 18.3 Å². The van der Waals surface area contributed by atoms with Crippen molar-refractivity contribution >= 4 is 40.8 Å². The van der Waals surface area contributed by atoms with Gasteiger partial charge in [0.1, 0.15) is 11.5 Å². The fourth-order valence-corrected chi connectivity index (χ4v) is 3.21. The van der Waals surface area contributed by atoms with E-state index in [1.807, 2.05) is 6.92 Å². The maximum absolute atomic E-state index is 12.4. The number of anilines is 1. The van der Waals surface area contributed by atoms with Gasteiger partial charge in [-0.1, -0.05) is 35.3 Å². The molecule has 0 unspecified atom stereocenters. The zero-order valence-corrected chi connectivity index (χ0v) is 18.6. The second-order valence-electron chi connectivity index (χ2n) is 6.79. The van der Waals surface area contributed by atoms with Gasteiger partial charge < -0.3 is 14.8 Å². The summed E-state index contributed by atoms with van der Waals surface area (Å²) in [5, 5.41) is 3.75. The lowest BCUT2D eigenvalue weighted by Crippen LogP contribution is -2.11. The van der Waals surface area contributed by atoms with Gasteiger partial charge in [0, 0.05) is 16.3 Å². The van der Waals surface area contributed by atoms with Crippen LogP contribution in [0.1, 0.15) is 28.4 Å². The largest absolute Gasteiger partial charge is 0.466 e. The Hall–Kier alpha value is -3.02. The highest BCUT2D eigenvalue weighted by atomic mass is 35.5. The molecule has 0 atom stereocenters. The second kappa shape index (κ2) is 10.3. The number of hydrogen-bond donors (Lipinski definition) is 1. The predicted octanol–water partition coefficient (Wildman–Crippen LogP) is 6.45. The van der Waals surface area contributed by atoms with Gasteiger partial charge in [-0.05, 0) is 73.5 Å². The molecule has 0 bridgehead atoms. The predicted molar refractivity (Wildman–Crippen MR) is 122 cm³/mol. The van der Waals surface area contributed by atoms with Crippen molar-refractivity contribution in [3.05, 3.63) is 87.4 Å². The normalized spacial score (nSPS) is 10.5. The quantitative estimate of drug-likeness (QED) is 0.413. The van der Waals surface area contributed by atoms with Crippen molar-refractivity contribution in [1.29, 1.82) is 0 Å². The summed E-state index contributed by atoms with van der Waals surface area (Å²) in [6.45, 7) is 3.97. The summed E-state index contributed by atoms with van der Waals surface area (Å²) in [4.78, 5) is 24.0. The molecule has 0 aliphatic carbocycles. The van der Waals surface area contributed by atoms with E-state index in [4.69, 9.17) is 32.7 Å². The average molecular weight is 458 g/mol. The number of esters is 1. The minimum Gasteiger partial charge on any atom is -0.466 e. The Morgan fingerprint density at radius 2 is 1.68 bits per heavy atom. The Kier molecular flexibility index (Phi) is 7.55. The van der Waals surface area contributed by atoms with Crippen LogP contribution in [0.5, 0.6) is 11.5 Å². The van der Waals surface area contributed by atoms with Crippen molar-refractivity contribution in [2.24, 2.45) is 0 Å². The number of ether oxygens (including phenoxy) is 2. The minimum atomic E-state index is -0.308. The van der Waals surface area contributed by atoms with Gasteiger partial charge in [0.05, 0.1) is 18.1 Å². The summed E-state index contributed by atoms with van der Waals surface area (Å²) >= 11 is 12.4. The molecule has 0 aliphatic rings. The fourth-order valence-electron chi connectivity index (χ4n) is 2.79. The first-order valence-corrected chi connectivity index (χ1v) is 10.4. The first-order valence-electron chi connectivity index (χ1n) is 9.65. The number of carbonyl (C=O) groups excluding carboxylic acids is 2. The smallest absolute Gasteiger partial charge is 0.310 e. The number of amides is 1. The Morgan fingerprint density at radius 3 is 2.32 bits per heavy atom. The van der Waals surface area contributed by atoms with Gasteiger partial charge in [-0.2, -0.15) is 0 Å². The first-order chi connectivity index (χ1) is 14.9. The van der Waals surface area contributed by atoms with Gasteiger partial charge in [-0.25, -0.2) is 0 Å². The standard InChI is InChI=1S/C24H21Cl2NO4/c1-3-30-23(28)13-16-5-11-22(21(26)12-16)31-19-9-7-18(8-10-19)27-24(29)17-6-4-15(2)20(25)14-17/h4-12,14H,3,13H2,1-2H3,(H,27,29). The van der Waals surface area contributed by atoms with E-state index in [0.29, 0.717) is 39.4 Å². The zero-order chi connectivity index (χ0) is 22.4. The number of benzene rings is 3. The van der Waals surface area contributed by atoms with E-state index >= 15 is 0 Å². The van der Waals surface area contributed by atoms with Crippen molar-refractivity contribution in [2.45, 2.75) is 20.3 Å². The monoisotopic (exact) mass is 457 g/mol. The van der Waals surface area contributed by atoms with Gasteiger partial charge >= 0.3 is 5.97 Å². The molecule has 3 aromatic carbocycles. The number of halogens is 2. The number of aryl methyl sites for hydroxylation is 1. The molecule has 0 fully saturated rings. The summed E-state index contributed by atoms with van der Waals surface area (Å²) in [5.74, 6) is 0.449. The van der Waals surface area contributed by atoms with Crippen LogP contribution in [0.25, 0.3) is 0 Å². The lowest BCUT2D eigenvalue weighted by molar-refractivity contribution is -0.142. The topological polar surface area (TPSA) is 64.6 Å². The minimum absolute atomic E-state index is 0.147. The van der Waals surface area contributed by atoms with E-state index in [2.05, 4.69) is 5.32 Å². The van der Waals surface area contributed by atoms with Gasteiger partial charge in [0.25, 0.3) is 5.91 Å². The number of nitrogens with one attached hydrogen (secondary N) is 1. The molecule has 1 amide bonds. The molecular formula is C24H21Cl2NO4. The summed E-state index contributed by atoms with van der Waals surface area (Å²) in [6, 6.07) is 17.2. The molecular weight excluding hydrogens is 437 g/mol. The molecule has 3 aromatic rings. The number of carbonyl (C=O) groups is 2. The van der Waals surface area contributed by atoms with E-state index in [1.54, 1.807) is 67.6 Å².